The van der Waals surface area contributed by atoms with Crippen LogP contribution in [0.4, 0.5) is 34.1 Å². The second kappa shape index (κ2) is 18.6. The van der Waals surface area contributed by atoms with Crippen LogP contribution in [0.25, 0.3) is 0 Å². The fourth-order valence-electron chi connectivity index (χ4n) is 5.12. The lowest BCUT2D eigenvalue weighted by molar-refractivity contribution is -0.137. The molecule has 3 aromatic rings. The molecule has 0 bridgehead atoms. The maximum absolute atomic E-state index is 13.6. The molecule has 3 aromatic carbocycles. The molecule has 50 heavy (non-hydrogen) atoms. The van der Waals surface area contributed by atoms with E-state index in [0.717, 1.165) is 28.3 Å². The van der Waals surface area contributed by atoms with Crippen LogP contribution in [0.2, 0.25) is 0 Å². The molecule has 14 heteroatoms. The molecular formula is C36H44F3N5O6. The highest BCUT2D eigenvalue weighted by Crippen LogP contribution is 2.33. The maximum Gasteiger partial charge on any atom is 0.416 e. The van der Waals surface area contributed by atoms with E-state index in [0.29, 0.717) is 18.6 Å². The average Bonchev–Trinajstić information content (AvgIpc) is 3.04. The van der Waals surface area contributed by atoms with Crippen LogP contribution in [0, 0.1) is 13.8 Å². The molecule has 0 aromatic heterocycles. The Bertz CT molecular complexity index is 1620. The van der Waals surface area contributed by atoms with Crippen molar-refractivity contribution in [3.05, 3.63) is 94.5 Å². The summed E-state index contributed by atoms with van der Waals surface area (Å²) in [7, 11) is 0. The van der Waals surface area contributed by atoms with Crippen LogP contribution < -0.4 is 21.3 Å². The molecule has 2 atom stereocenters. The first kappa shape index (κ1) is 39.3. The minimum Gasteiger partial charge on any atom is -0.445 e. The number of hydrogen-bond donors (Lipinski definition) is 5. The summed E-state index contributed by atoms with van der Waals surface area (Å²) in [5.74, 6) is -1.77. The van der Waals surface area contributed by atoms with Gasteiger partial charge in [0.25, 0.3) is 0 Å². The number of carbonyl (C=O) groups is 4. The molecule has 5 amide bonds. The minimum atomic E-state index is -4.79. The van der Waals surface area contributed by atoms with Gasteiger partial charge in [-0.25, -0.2) is 9.59 Å². The van der Waals surface area contributed by atoms with Gasteiger partial charge in [-0.05, 0) is 62.1 Å². The number of anilines is 2. The SMILES string of the molecule is CCC[C@H](O)[C@H](CN(Cc1ccc(C)cc1C)C(=O)OCc1ccccc1)NC(=O)CC(=O)Nc1cc(NC(=O)NCC)cc(C(F)(F)F)c1. The zero-order chi connectivity index (χ0) is 36.8. The van der Waals surface area contributed by atoms with Crippen molar-refractivity contribution in [3.8, 4) is 0 Å². The third-order valence-corrected chi connectivity index (χ3v) is 7.60. The zero-order valence-corrected chi connectivity index (χ0v) is 28.5. The summed E-state index contributed by atoms with van der Waals surface area (Å²) in [5, 5.41) is 20.6. The Labute approximate surface area is 289 Å². The fourth-order valence-corrected chi connectivity index (χ4v) is 5.12. The number of hydrogen-bond acceptors (Lipinski definition) is 6. The van der Waals surface area contributed by atoms with Gasteiger partial charge in [0.15, 0.2) is 0 Å². The smallest absolute Gasteiger partial charge is 0.416 e. The Hall–Kier alpha value is -5.11. The number of nitrogens with zero attached hydrogens (tertiary/aromatic N) is 1. The minimum absolute atomic E-state index is 0.00614. The molecule has 0 aliphatic carbocycles. The lowest BCUT2D eigenvalue weighted by atomic mass is 10.0. The summed E-state index contributed by atoms with van der Waals surface area (Å²) in [6, 6.07) is 15.6. The zero-order valence-electron chi connectivity index (χ0n) is 28.5. The number of carbonyl (C=O) groups excluding carboxylic acids is 4. The Kier molecular flexibility index (Phi) is 14.6. The number of halogens is 3. The first-order valence-electron chi connectivity index (χ1n) is 16.2. The van der Waals surface area contributed by atoms with Crippen LogP contribution in [0.1, 0.15) is 60.9 Å². The van der Waals surface area contributed by atoms with Crippen LogP contribution in [0.3, 0.4) is 0 Å². The first-order chi connectivity index (χ1) is 23.7. The van der Waals surface area contributed by atoms with E-state index in [2.05, 4.69) is 21.3 Å². The maximum atomic E-state index is 13.6. The summed E-state index contributed by atoms with van der Waals surface area (Å²) in [5.41, 5.74) is 1.90. The number of benzene rings is 3. The molecule has 0 aliphatic heterocycles. The molecule has 0 spiro atoms. The predicted molar refractivity (Wildman–Crippen MR) is 183 cm³/mol. The molecule has 270 valence electrons. The van der Waals surface area contributed by atoms with Gasteiger partial charge < -0.3 is 36.0 Å². The van der Waals surface area contributed by atoms with Crippen molar-refractivity contribution in [2.24, 2.45) is 0 Å². The van der Waals surface area contributed by atoms with E-state index in [1.165, 1.54) is 4.90 Å². The summed E-state index contributed by atoms with van der Waals surface area (Å²) in [6.07, 6.45) is -6.58. The lowest BCUT2D eigenvalue weighted by Crippen LogP contribution is -2.52. The number of aliphatic hydroxyl groups excluding tert-OH is 1. The highest BCUT2D eigenvalue weighted by atomic mass is 19.4. The van der Waals surface area contributed by atoms with Gasteiger partial charge in [0.1, 0.15) is 13.0 Å². The van der Waals surface area contributed by atoms with Crippen molar-refractivity contribution in [1.82, 2.24) is 15.5 Å². The predicted octanol–water partition coefficient (Wildman–Crippen LogP) is 6.28. The molecule has 0 unspecified atom stereocenters. The van der Waals surface area contributed by atoms with Crippen molar-refractivity contribution >= 4 is 35.3 Å². The fraction of sp³-hybridized carbons (Fsp3) is 0.389. The van der Waals surface area contributed by atoms with Gasteiger partial charge in [0.2, 0.25) is 11.8 Å². The van der Waals surface area contributed by atoms with E-state index in [4.69, 9.17) is 4.74 Å². The van der Waals surface area contributed by atoms with Crippen molar-refractivity contribution in [2.75, 3.05) is 23.7 Å². The molecule has 0 fully saturated rings. The number of urea groups is 1. The lowest BCUT2D eigenvalue weighted by Gasteiger charge is -2.31. The van der Waals surface area contributed by atoms with Gasteiger partial charge in [-0.2, -0.15) is 13.2 Å². The second-order valence-corrected chi connectivity index (χ2v) is 11.9. The largest absolute Gasteiger partial charge is 0.445 e. The number of alkyl halides is 3. The highest BCUT2D eigenvalue weighted by molar-refractivity contribution is 6.04. The van der Waals surface area contributed by atoms with Crippen LogP contribution in [-0.2, 0) is 33.7 Å². The van der Waals surface area contributed by atoms with Crippen LogP contribution in [0.15, 0.2) is 66.7 Å². The normalized spacial score (nSPS) is 12.3. The van der Waals surface area contributed by atoms with E-state index >= 15 is 0 Å². The molecule has 11 nitrogen and oxygen atoms in total. The Morgan fingerprint density at radius 3 is 2.20 bits per heavy atom. The average molecular weight is 700 g/mol. The third-order valence-electron chi connectivity index (χ3n) is 7.60. The molecule has 0 aliphatic rings. The number of aliphatic hydroxyl groups is 1. The topological polar surface area (TPSA) is 149 Å². The molecule has 0 radical (unpaired) electrons. The van der Waals surface area contributed by atoms with Crippen molar-refractivity contribution in [1.29, 1.82) is 0 Å². The van der Waals surface area contributed by atoms with Crippen molar-refractivity contribution in [2.45, 2.75) is 78.4 Å². The van der Waals surface area contributed by atoms with Gasteiger partial charge in [-0.3, -0.25) is 9.59 Å². The van der Waals surface area contributed by atoms with Gasteiger partial charge in [-0.1, -0.05) is 67.4 Å². The third kappa shape index (κ3) is 12.7. The van der Waals surface area contributed by atoms with Gasteiger partial charge in [0.05, 0.1) is 17.7 Å². The van der Waals surface area contributed by atoms with Crippen LogP contribution >= 0.6 is 0 Å². The summed E-state index contributed by atoms with van der Waals surface area (Å²) < 4.78 is 46.3. The Morgan fingerprint density at radius 1 is 0.900 bits per heavy atom. The van der Waals surface area contributed by atoms with E-state index in [-0.39, 0.29) is 44.0 Å². The number of ether oxygens (including phenoxy) is 1. The molecule has 5 N–H and O–H groups in total. The Morgan fingerprint density at radius 2 is 1.58 bits per heavy atom. The number of amides is 5. The number of aryl methyl sites for hydroxylation is 2. The molecule has 3 rings (SSSR count). The second-order valence-electron chi connectivity index (χ2n) is 11.9. The van der Waals surface area contributed by atoms with E-state index in [1.807, 2.05) is 57.2 Å². The van der Waals surface area contributed by atoms with Crippen LogP contribution in [-0.4, -0.2) is 59.2 Å². The highest BCUT2D eigenvalue weighted by Gasteiger charge is 2.32. The van der Waals surface area contributed by atoms with Crippen molar-refractivity contribution < 1.29 is 42.2 Å². The van der Waals surface area contributed by atoms with E-state index in [9.17, 15) is 37.5 Å². The van der Waals surface area contributed by atoms with E-state index < -0.39 is 54.2 Å². The van der Waals surface area contributed by atoms with Gasteiger partial charge >= 0.3 is 18.3 Å². The van der Waals surface area contributed by atoms with E-state index in [1.54, 1.807) is 19.1 Å². The summed E-state index contributed by atoms with van der Waals surface area (Å²) >= 11 is 0. The van der Waals surface area contributed by atoms with Gasteiger partial charge in [0, 0.05) is 31.0 Å². The van der Waals surface area contributed by atoms with Crippen molar-refractivity contribution in [3.63, 3.8) is 0 Å². The monoisotopic (exact) mass is 699 g/mol. The molecule has 0 heterocycles. The molecule has 0 saturated heterocycles. The quantitative estimate of drug-likeness (QED) is 0.118. The Balaban J connectivity index is 1.78. The molecular weight excluding hydrogens is 655 g/mol. The van der Waals surface area contributed by atoms with Gasteiger partial charge in [-0.15, -0.1) is 0 Å². The first-order valence-corrected chi connectivity index (χ1v) is 16.2. The summed E-state index contributed by atoms with van der Waals surface area (Å²) in [6.45, 7) is 7.48. The summed E-state index contributed by atoms with van der Waals surface area (Å²) in [4.78, 5) is 52.7. The number of nitrogens with one attached hydrogen (secondary N) is 4. The van der Waals surface area contributed by atoms with Crippen LogP contribution in [0.5, 0.6) is 0 Å². The number of rotatable bonds is 15. The standard InChI is InChI=1S/C36H44F3N5O6/c1-5-10-31(45)30(21-44(20-26-14-13-23(3)15-24(26)4)35(49)50-22-25-11-8-7-9-12-25)43-33(47)19-32(46)41-28-16-27(36(37,38)39)17-29(18-28)42-34(48)40-6-2/h7-9,11-18,30-31,45H,5-6,10,19-22H2,1-4H3,(H,41,46)(H,43,47)(H2,40,42,48)/t30-,31-/m0/s1. The molecule has 0 saturated carbocycles.